The first-order valence-corrected chi connectivity index (χ1v) is 14.8. The number of carbonyl (C=O) groups is 2. The Hall–Kier alpha value is -3.63. The lowest BCUT2D eigenvalue weighted by atomic mass is 10.00. The summed E-state index contributed by atoms with van der Waals surface area (Å²) < 4.78 is 10.7. The van der Waals surface area contributed by atoms with Gasteiger partial charge in [-0.1, -0.05) is 37.7 Å². The van der Waals surface area contributed by atoms with Crippen molar-refractivity contribution in [1.29, 1.82) is 0 Å². The maximum Gasteiger partial charge on any atom is 0.247 e. The van der Waals surface area contributed by atoms with E-state index in [0.29, 0.717) is 24.1 Å². The van der Waals surface area contributed by atoms with Gasteiger partial charge in [-0.05, 0) is 67.8 Å². The van der Waals surface area contributed by atoms with Crippen LogP contribution in [0.1, 0.15) is 30.8 Å². The van der Waals surface area contributed by atoms with Crippen LogP contribution in [0.2, 0.25) is 0 Å². The Labute approximate surface area is 246 Å². The fourth-order valence-electron chi connectivity index (χ4n) is 4.83. The van der Waals surface area contributed by atoms with Gasteiger partial charge in [-0.15, -0.1) is 0 Å². The molecule has 2 aromatic carbocycles. The average molecular weight is 578 g/mol. The molecule has 218 valence electrons. The molecule has 0 aliphatic carbocycles. The molecule has 0 saturated carbocycles. The molecular weight excluding hydrogens is 538 g/mol. The molecule has 2 amide bonds. The molecule has 4 rings (SSSR count). The number of nitrogens with one attached hydrogen (secondary N) is 1. The topological polar surface area (TPSA) is 96.9 Å². The van der Waals surface area contributed by atoms with Crippen LogP contribution < -0.4 is 15.0 Å². The number of anilines is 2. The number of thioether (sulfide) groups is 1. The Bertz CT molecular complexity index is 1290. The molecule has 1 saturated heterocycles. The molecule has 1 atom stereocenters. The molecule has 10 heteroatoms. The van der Waals surface area contributed by atoms with Gasteiger partial charge in [0.1, 0.15) is 11.8 Å². The lowest BCUT2D eigenvalue weighted by Crippen LogP contribution is -2.50. The summed E-state index contributed by atoms with van der Waals surface area (Å²) in [5.74, 6) is 0.322. The van der Waals surface area contributed by atoms with Crippen LogP contribution in [0.5, 0.6) is 5.75 Å². The molecule has 1 aliphatic heterocycles. The molecule has 1 aliphatic rings. The number of morpholine rings is 1. The molecule has 41 heavy (non-hydrogen) atoms. The van der Waals surface area contributed by atoms with Crippen LogP contribution in [0, 0.1) is 19.8 Å². The number of aryl methyl sites for hydroxylation is 2. The average Bonchev–Trinajstić information content (AvgIpc) is 2.96. The van der Waals surface area contributed by atoms with Gasteiger partial charge in [0.05, 0.1) is 26.1 Å². The first-order valence-electron chi connectivity index (χ1n) is 13.8. The van der Waals surface area contributed by atoms with Crippen molar-refractivity contribution < 1.29 is 19.1 Å². The highest BCUT2D eigenvalue weighted by Gasteiger charge is 2.33. The van der Waals surface area contributed by atoms with Crippen molar-refractivity contribution in [2.45, 2.75) is 45.4 Å². The summed E-state index contributed by atoms with van der Waals surface area (Å²) >= 11 is 1.28. The second-order valence-electron chi connectivity index (χ2n) is 10.4. The number of benzene rings is 2. The maximum absolute atomic E-state index is 13.8. The fraction of sp³-hybridized carbons (Fsp3) is 0.419. The number of aromatic nitrogens is 2. The fourth-order valence-corrected chi connectivity index (χ4v) is 5.67. The minimum atomic E-state index is -0.690. The molecule has 1 fully saturated rings. The van der Waals surface area contributed by atoms with Crippen molar-refractivity contribution in [3.63, 3.8) is 0 Å². The Morgan fingerprint density at radius 2 is 1.66 bits per heavy atom. The van der Waals surface area contributed by atoms with Gasteiger partial charge in [0.15, 0.2) is 5.16 Å². The van der Waals surface area contributed by atoms with Crippen molar-refractivity contribution in [2.75, 3.05) is 49.4 Å². The second kappa shape index (κ2) is 14.3. The van der Waals surface area contributed by atoms with Crippen LogP contribution in [0.4, 0.5) is 11.4 Å². The monoisotopic (exact) mass is 577 g/mol. The van der Waals surface area contributed by atoms with Crippen molar-refractivity contribution in [1.82, 2.24) is 14.9 Å². The van der Waals surface area contributed by atoms with Gasteiger partial charge >= 0.3 is 0 Å². The summed E-state index contributed by atoms with van der Waals surface area (Å²) in [5, 5.41) is 3.60. The highest BCUT2D eigenvalue weighted by Crippen LogP contribution is 2.24. The van der Waals surface area contributed by atoms with Crippen LogP contribution in [-0.4, -0.2) is 71.9 Å². The summed E-state index contributed by atoms with van der Waals surface area (Å²) in [6.07, 6.45) is 0. The molecular formula is C31H39N5O4S. The molecule has 1 N–H and O–H groups in total. The molecule has 0 spiro atoms. The zero-order valence-corrected chi connectivity index (χ0v) is 25.2. The normalized spacial score (nSPS) is 14.0. The molecule has 1 aromatic heterocycles. The third kappa shape index (κ3) is 8.43. The van der Waals surface area contributed by atoms with E-state index in [1.807, 2.05) is 82.3 Å². The summed E-state index contributed by atoms with van der Waals surface area (Å²) in [4.78, 5) is 40.4. The Morgan fingerprint density at radius 1 is 1.02 bits per heavy atom. The van der Waals surface area contributed by atoms with E-state index < -0.39 is 6.04 Å². The van der Waals surface area contributed by atoms with Crippen LogP contribution in [-0.2, 0) is 20.9 Å². The highest BCUT2D eigenvalue weighted by atomic mass is 32.2. The Morgan fingerprint density at radius 3 is 2.24 bits per heavy atom. The van der Waals surface area contributed by atoms with E-state index in [1.54, 1.807) is 12.0 Å². The van der Waals surface area contributed by atoms with Gasteiger partial charge in [-0.25, -0.2) is 9.97 Å². The molecule has 0 radical (unpaired) electrons. The van der Waals surface area contributed by atoms with E-state index in [4.69, 9.17) is 9.47 Å². The molecule has 0 bridgehead atoms. The predicted molar refractivity (Wildman–Crippen MR) is 163 cm³/mol. The van der Waals surface area contributed by atoms with Crippen LogP contribution in [0.3, 0.4) is 0 Å². The van der Waals surface area contributed by atoms with E-state index in [1.165, 1.54) is 11.8 Å². The number of hydrogen-bond acceptors (Lipinski definition) is 8. The van der Waals surface area contributed by atoms with E-state index in [-0.39, 0.29) is 30.0 Å². The highest BCUT2D eigenvalue weighted by molar-refractivity contribution is 7.99. The van der Waals surface area contributed by atoms with Gasteiger partial charge < -0.3 is 24.6 Å². The first kappa shape index (κ1) is 30.3. The zero-order valence-electron chi connectivity index (χ0n) is 24.4. The van der Waals surface area contributed by atoms with Crippen molar-refractivity contribution >= 4 is 35.0 Å². The minimum Gasteiger partial charge on any atom is -0.497 e. The number of hydrogen-bond donors (Lipinski definition) is 1. The summed E-state index contributed by atoms with van der Waals surface area (Å²) in [5.41, 5.74) is 4.38. The van der Waals surface area contributed by atoms with Crippen LogP contribution in [0.15, 0.2) is 59.8 Å². The van der Waals surface area contributed by atoms with Gasteiger partial charge in [-0.3, -0.25) is 9.59 Å². The lowest BCUT2D eigenvalue weighted by molar-refractivity contribution is -0.138. The van der Waals surface area contributed by atoms with E-state index >= 15 is 0 Å². The standard InChI is InChI=1S/C31H39N5O4S/c1-21(2)29(30(38)34-25-8-10-26(11-9-25)35-14-16-40-17-15-35)36(19-24-6-12-27(39-5)13-7-24)28(37)20-41-31-32-22(3)18-23(4)33-31/h6-13,18,21,29H,14-17,19-20H2,1-5H3,(H,34,38). The SMILES string of the molecule is COc1ccc(CN(C(=O)CSc2nc(C)cc(C)n2)C(C(=O)Nc2ccc(N3CCOCC3)cc2)C(C)C)cc1. The van der Waals surface area contributed by atoms with Gasteiger partial charge in [-0.2, -0.15) is 0 Å². The number of carbonyl (C=O) groups excluding carboxylic acids is 2. The Kier molecular flexibility index (Phi) is 10.6. The molecule has 3 aromatic rings. The van der Waals surface area contributed by atoms with Crippen LogP contribution in [0.25, 0.3) is 0 Å². The number of amides is 2. The quantitative estimate of drug-likeness (QED) is 0.258. The third-order valence-corrected chi connectivity index (χ3v) is 7.70. The summed E-state index contributed by atoms with van der Waals surface area (Å²) in [6.45, 7) is 11.1. The third-order valence-electron chi connectivity index (χ3n) is 6.87. The lowest BCUT2D eigenvalue weighted by Gasteiger charge is -2.34. The number of nitrogens with zero attached hydrogens (tertiary/aromatic N) is 4. The van der Waals surface area contributed by atoms with Gasteiger partial charge in [0.2, 0.25) is 11.8 Å². The zero-order chi connectivity index (χ0) is 29.4. The predicted octanol–water partition coefficient (Wildman–Crippen LogP) is 4.72. The Balaban J connectivity index is 1.53. The molecule has 2 heterocycles. The molecule has 9 nitrogen and oxygen atoms in total. The van der Waals surface area contributed by atoms with Crippen molar-refractivity contribution in [3.05, 3.63) is 71.5 Å². The van der Waals surface area contributed by atoms with Crippen molar-refractivity contribution in [3.8, 4) is 5.75 Å². The first-order chi connectivity index (χ1) is 19.7. The molecule has 1 unspecified atom stereocenters. The smallest absolute Gasteiger partial charge is 0.247 e. The maximum atomic E-state index is 13.8. The number of methoxy groups -OCH3 is 1. The van der Waals surface area contributed by atoms with E-state index in [2.05, 4.69) is 20.2 Å². The van der Waals surface area contributed by atoms with E-state index in [0.717, 1.165) is 41.5 Å². The minimum absolute atomic E-state index is 0.115. The summed E-state index contributed by atoms with van der Waals surface area (Å²) in [6, 6.07) is 16.6. The largest absolute Gasteiger partial charge is 0.497 e. The number of ether oxygens (including phenoxy) is 2. The van der Waals surface area contributed by atoms with Crippen molar-refractivity contribution in [2.24, 2.45) is 5.92 Å². The second-order valence-corrected chi connectivity index (χ2v) is 11.4. The van der Waals surface area contributed by atoms with E-state index in [9.17, 15) is 9.59 Å². The van der Waals surface area contributed by atoms with Gasteiger partial charge in [0, 0.05) is 42.4 Å². The van der Waals surface area contributed by atoms with Crippen LogP contribution >= 0.6 is 11.8 Å². The number of rotatable bonds is 11. The van der Waals surface area contributed by atoms with Gasteiger partial charge in [0.25, 0.3) is 0 Å². The summed E-state index contributed by atoms with van der Waals surface area (Å²) in [7, 11) is 1.61.